The van der Waals surface area contributed by atoms with Crippen LogP contribution in [0.15, 0.2) is 17.0 Å². The zero-order chi connectivity index (χ0) is 15.2. The Morgan fingerprint density at radius 3 is 2.40 bits per heavy atom. The molecule has 0 saturated heterocycles. The van der Waals surface area contributed by atoms with Gasteiger partial charge in [0.1, 0.15) is 16.4 Å². The summed E-state index contributed by atoms with van der Waals surface area (Å²) in [5.74, 6) is 0.930. The van der Waals surface area contributed by atoms with E-state index in [-0.39, 0.29) is 4.90 Å². The minimum absolute atomic E-state index is 0.148. The van der Waals surface area contributed by atoms with Gasteiger partial charge in [-0.05, 0) is 25.5 Å². The van der Waals surface area contributed by atoms with E-state index in [0.717, 1.165) is 19.3 Å². The highest BCUT2D eigenvalue weighted by Gasteiger charge is 2.22. The third-order valence-electron chi connectivity index (χ3n) is 3.11. The van der Waals surface area contributed by atoms with Crippen LogP contribution in [0.1, 0.15) is 31.7 Å². The second kappa shape index (κ2) is 7.50. The maximum atomic E-state index is 12.3. The normalized spacial score (nSPS) is 11.4. The number of sulfonamides is 1. The number of methoxy groups -OCH3 is 2. The van der Waals surface area contributed by atoms with Crippen LogP contribution >= 0.6 is 0 Å². The van der Waals surface area contributed by atoms with Crippen LogP contribution in [0.4, 0.5) is 0 Å². The molecule has 6 heteroatoms. The van der Waals surface area contributed by atoms with Gasteiger partial charge in [0.15, 0.2) is 0 Å². The van der Waals surface area contributed by atoms with E-state index in [1.807, 2.05) is 0 Å². The van der Waals surface area contributed by atoms with Gasteiger partial charge < -0.3 is 9.47 Å². The summed E-state index contributed by atoms with van der Waals surface area (Å²) < 4.78 is 37.6. The molecule has 0 bridgehead atoms. The van der Waals surface area contributed by atoms with Gasteiger partial charge in [0.2, 0.25) is 10.0 Å². The topological polar surface area (TPSA) is 64.6 Å². The summed E-state index contributed by atoms with van der Waals surface area (Å²) in [6.07, 6.45) is 2.88. The predicted octanol–water partition coefficient (Wildman–Crippen LogP) is 2.48. The van der Waals surface area contributed by atoms with Crippen molar-refractivity contribution in [3.63, 3.8) is 0 Å². The zero-order valence-electron chi connectivity index (χ0n) is 12.5. The standard InChI is InChI=1S/C14H23NO4S/c1-5-6-7-10-15-20(16,17)13-9-8-12(18-3)11(2)14(13)19-4/h8-9,15H,5-7,10H2,1-4H3. The minimum Gasteiger partial charge on any atom is -0.496 e. The first-order valence-electron chi connectivity index (χ1n) is 6.69. The molecule has 114 valence electrons. The first kappa shape index (κ1) is 16.8. The predicted molar refractivity (Wildman–Crippen MR) is 79.0 cm³/mol. The minimum atomic E-state index is -3.56. The van der Waals surface area contributed by atoms with Gasteiger partial charge in [-0.3, -0.25) is 0 Å². The van der Waals surface area contributed by atoms with Crippen molar-refractivity contribution in [3.8, 4) is 11.5 Å². The largest absolute Gasteiger partial charge is 0.496 e. The molecule has 0 fully saturated rings. The molecule has 0 heterocycles. The van der Waals surface area contributed by atoms with E-state index in [4.69, 9.17) is 9.47 Å². The number of hydrogen-bond donors (Lipinski definition) is 1. The maximum Gasteiger partial charge on any atom is 0.244 e. The third-order valence-corrected chi connectivity index (χ3v) is 4.59. The number of nitrogens with one attached hydrogen (secondary N) is 1. The fraction of sp³-hybridized carbons (Fsp3) is 0.571. The van der Waals surface area contributed by atoms with Crippen LogP contribution < -0.4 is 14.2 Å². The molecule has 0 aliphatic heterocycles. The van der Waals surface area contributed by atoms with Crippen LogP contribution in [0.3, 0.4) is 0 Å². The fourth-order valence-corrected chi connectivity index (χ4v) is 3.29. The summed E-state index contributed by atoms with van der Waals surface area (Å²) in [4.78, 5) is 0.148. The number of rotatable bonds is 8. The average molecular weight is 301 g/mol. The summed E-state index contributed by atoms with van der Waals surface area (Å²) >= 11 is 0. The van der Waals surface area contributed by atoms with Crippen molar-refractivity contribution < 1.29 is 17.9 Å². The molecule has 1 aromatic carbocycles. The number of benzene rings is 1. The van der Waals surface area contributed by atoms with E-state index in [2.05, 4.69) is 11.6 Å². The fourth-order valence-electron chi connectivity index (χ4n) is 1.99. The molecule has 0 amide bonds. The summed E-state index contributed by atoms with van der Waals surface area (Å²) in [5, 5.41) is 0. The molecule has 0 aromatic heterocycles. The first-order valence-corrected chi connectivity index (χ1v) is 8.17. The molecule has 0 saturated carbocycles. The van der Waals surface area contributed by atoms with Crippen molar-refractivity contribution >= 4 is 10.0 Å². The Kier molecular flexibility index (Phi) is 6.29. The van der Waals surface area contributed by atoms with E-state index >= 15 is 0 Å². The summed E-state index contributed by atoms with van der Waals surface area (Å²) in [6.45, 7) is 4.28. The second-order valence-electron chi connectivity index (χ2n) is 4.53. The van der Waals surface area contributed by atoms with E-state index in [1.54, 1.807) is 20.1 Å². The molecule has 20 heavy (non-hydrogen) atoms. The van der Waals surface area contributed by atoms with Crippen molar-refractivity contribution in [2.75, 3.05) is 20.8 Å². The van der Waals surface area contributed by atoms with Crippen LogP contribution in [-0.2, 0) is 10.0 Å². The highest BCUT2D eigenvalue weighted by molar-refractivity contribution is 7.89. The Bertz CT molecular complexity index is 540. The number of hydrogen-bond acceptors (Lipinski definition) is 4. The molecule has 5 nitrogen and oxygen atoms in total. The lowest BCUT2D eigenvalue weighted by Gasteiger charge is -2.15. The van der Waals surface area contributed by atoms with Crippen LogP contribution in [0, 0.1) is 6.92 Å². The highest BCUT2D eigenvalue weighted by Crippen LogP contribution is 2.33. The van der Waals surface area contributed by atoms with Crippen molar-refractivity contribution in [1.29, 1.82) is 0 Å². The summed E-state index contributed by atoms with van der Waals surface area (Å²) in [5.41, 5.74) is 0.673. The molecule has 1 rings (SSSR count). The lowest BCUT2D eigenvalue weighted by atomic mass is 10.2. The van der Waals surface area contributed by atoms with E-state index in [0.29, 0.717) is 23.6 Å². The Balaban J connectivity index is 3.03. The van der Waals surface area contributed by atoms with Crippen molar-refractivity contribution in [3.05, 3.63) is 17.7 Å². The maximum absolute atomic E-state index is 12.3. The van der Waals surface area contributed by atoms with Gasteiger partial charge in [0.05, 0.1) is 14.2 Å². The highest BCUT2D eigenvalue weighted by atomic mass is 32.2. The lowest BCUT2D eigenvalue weighted by Crippen LogP contribution is -2.25. The van der Waals surface area contributed by atoms with Crippen molar-refractivity contribution in [2.45, 2.75) is 38.0 Å². The molecular weight excluding hydrogens is 278 g/mol. The molecule has 1 aromatic rings. The average Bonchev–Trinajstić information content (AvgIpc) is 2.43. The van der Waals surface area contributed by atoms with Gasteiger partial charge in [-0.15, -0.1) is 0 Å². The van der Waals surface area contributed by atoms with Crippen LogP contribution in [0.5, 0.6) is 11.5 Å². The van der Waals surface area contributed by atoms with E-state index in [1.165, 1.54) is 13.2 Å². The van der Waals surface area contributed by atoms with Crippen LogP contribution in [-0.4, -0.2) is 29.2 Å². The smallest absolute Gasteiger partial charge is 0.244 e. The van der Waals surface area contributed by atoms with Gasteiger partial charge in [0, 0.05) is 12.1 Å². The molecule has 1 N–H and O–H groups in total. The SMILES string of the molecule is CCCCCNS(=O)(=O)c1ccc(OC)c(C)c1OC. The quantitative estimate of drug-likeness (QED) is 0.749. The van der Waals surface area contributed by atoms with Gasteiger partial charge in [0.25, 0.3) is 0 Å². The third kappa shape index (κ3) is 3.86. The van der Waals surface area contributed by atoms with Crippen molar-refractivity contribution in [1.82, 2.24) is 4.72 Å². The number of unbranched alkanes of at least 4 members (excludes halogenated alkanes) is 2. The lowest BCUT2D eigenvalue weighted by molar-refractivity contribution is 0.380. The molecule has 0 unspecified atom stereocenters. The Hall–Kier alpha value is -1.27. The summed E-state index contributed by atoms with van der Waals surface area (Å²) in [6, 6.07) is 3.14. The Morgan fingerprint density at radius 1 is 1.15 bits per heavy atom. The van der Waals surface area contributed by atoms with E-state index in [9.17, 15) is 8.42 Å². The number of ether oxygens (including phenoxy) is 2. The van der Waals surface area contributed by atoms with Gasteiger partial charge in [-0.1, -0.05) is 19.8 Å². The Labute approximate surface area is 121 Å². The zero-order valence-corrected chi connectivity index (χ0v) is 13.3. The molecule has 0 aliphatic rings. The molecule has 0 aliphatic carbocycles. The van der Waals surface area contributed by atoms with E-state index < -0.39 is 10.0 Å². The first-order chi connectivity index (χ1) is 9.47. The molecular formula is C14H23NO4S. The molecule has 0 spiro atoms. The van der Waals surface area contributed by atoms with Crippen LogP contribution in [0.2, 0.25) is 0 Å². The van der Waals surface area contributed by atoms with Crippen LogP contribution in [0.25, 0.3) is 0 Å². The van der Waals surface area contributed by atoms with Gasteiger partial charge >= 0.3 is 0 Å². The van der Waals surface area contributed by atoms with Gasteiger partial charge in [-0.25, -0.2) is 13.1 Å². The Morgan fingerprint density at radius 2 is 1.85 bits per heavy atom. The second-order valence-corrected chi connectivity index (χ2v) is 6.26. The van der Waals surface area contributed by atoms with Gasteiger partial charge in [-0.2, -0.15) is 0 Å². The monoisotopic (exact) mass is 301 g/mol. The molecule has 0 radical (unpaired) electrons. The van der Waals surface area contributed by atoms with Crippen molar-refractivity contribution in [2.24, 2.45) is 0 Å². The molecule has 0 atom stereocenters. The summed E-state index contributed by atoms with van der Waals surface area (Å²) in [7, 11) is -0.565.